The van der Waals surface area contributed by atoms with Crippen LogP contribution in [-0.4, -0.2) is 22.5 Å². The number of carbonyl (C=O) groups excluding carboxylic acids is 1. The van der Waals surface area contributed by atoms with Crippen molar-refractivity contribution in [2.45, 2.75) is 13.8 Å². The number of hydrogen-bond donors (Lipinski definition) is 1. The molecular formula is C15H15N3O4. The third kappa shape index (κ3) is 3.57. The number of nitrogens with one attached hydrogen (secondary N) is 1. The lowest BCUT2D eigenvalue weighted by atomic mass is 10.2. The maximum Gasteiger partial charge on any atom is 0.338 e. The molecular weight excluding hydrogens is 286 g/mol. The van der Waals surface area contributed by atoms with Crippen molar-refractivity contribution in [2.24, 2.45) is 0 Å². The molecule has 114 valence electrons. The van der Waals surface area contributed by atoms with Crippen LogP contribution in [0.3, 0.4) is 0 Å². The molecule has 0 aliphatic carbocycles. The van der Waals surface area contributed by atoms with E-state index in [2.05, 4.69) is 10.3 Å². The van der Waals surface area contributed by atoms with Crippen molar-refractivity contribution in [1.29, 1.82) is 0 Å². The first kappa shape index (κ1) is 15.4. The molecule has 0 spiro atoms. The molecule has 7 heteroatoms. The summed E-state index contributed by atoms with van der Waals surface area (Å²) in [4.78, 5) is 26.1. The summed E-state index contributed by atoms with van der Waals surface area (Å²) in [5.41, 5.74) is 1.61. The number of rotatable bonds is 5. The maximum atomic E-state index is 11.6. The van der Waals surface area contributed by atoms with Crippen LogP contribution in [0, 0.1) is 17.0 Å². The fourth-order valence-corrected chi connectivity index (χ4v) is 1.83. The predicted molar refractivity (Wildman–Crippen MR) is 81.3 cm³/mol. The van der Waals surface area contributed by atoms with Gasteiger partial charge in [-0.2, -0.15) is 0 Å². The quantitative estimate of drug-likeness (QED) is 0.517. The maximum absolute atomic E-state index is 11.6. The van der Waals surface area contributed by atoms with Crippen LogP contribution < -0.4 is 5.32 Å². The summed E-state index contributed by atoms with van der Waals surface area (Å²) < 4.78 is 4.89. The number of nitrogens with zero attached hydrogens (tertiary/aromatic N) is 2. The number of benzene rings is 1. The minimum absolute atomic E-state index is 0.102. The standard InChI is InChI=1S/C15H15N3O4/c1-3-22-15(19)11-4-6-12(7-5-11)17-14-13(18(20)21)8-10(2)9-16-14/h4-9H,3H2,1-2H3,(H,16,17). The van der Waals surface area contributed by atoms with Crippen LogP contribution >= 0.6 is 0 Å². The van der Waals surface area contributed by atoms with E-state index in [9.17, 15) is 14.9 Å². The van der Waals surface area contributed by atoms with Crippen molar-refractivity contribution in [3.63, 3.8) is 0 Å². The predicted octanol–water partition coefficient (Wildman–Crippen LogP) is 3.22. The number of hydrogen-bond acceptors (Lipinski definition) is 6. The van der Waals surface area contributed by atoms with E-state index in [1.807, 2.05) is 0 Å². The normalized spacial score (nSPS) is 10.1. The molecule has 1 aromatic carbocycles. The highest BCUT2D eigenvalue weighted by Gasteiger charge is 2.15. The molecule has 0 aliphatic heterocycles. The second-order valence-corrected chi connectivity index (χ2v) is 4.56. The van der Waals surface area contributed by atoms with Crippen molar-refractivity contribution in [3.8, 4) is 0 Å². The smallest absolute Gasteiger partial charge is 0.338 e. The number of aryl methyl sites for hydroxylation is 1. The summed E-state index contributed by atoms with van der Waals surface area (Å²) in [6, 6.07) is 7.89. The zero-order valence-corrected chi connectivity index (χ0v) is 12.2. The first-order valence-corrected chi connectivity index (χ1v) is 6.66. The molecule has 2 aromatic rings. The van der Waals surface area contributed by atoms with Gasteiger partial charge in [-0.05, 0) is 43.7 Å². The largest absolute Gasteiger partial charge is 0.462 e. The summed E-state index contributed by atoms with van der Waals surface area (Å²) in [6.45, 7) is 3.77. The average Bonchev–Trinajstić information content (AvgIpc) is 2.50. The van der Waals surface area contributed by atoms with Crippen LogP contribution in [0.4, 0.5) is 17.2 Å². The summed E-state index contributed by atoms with van der Waals surface area (Å²) in [6.07, 6.45) is 1.54. The van der Waals surface area contributed by atoms with Gasteiger partial charge < -0.3 is 10.1 Å². The van der Waals surface area contributed by atoms with Gasteiger partial charge in [0.2, 0.25) is 5.82 Å². The molecule has 0 amide bonds. The molecule has 0 fully saturated rings. The third-order valence-electron chi connectivity index (χ3n) is 2.86. The number of anilines is 2. The van der Waals surface area contributed by atoms with E-state index in [1.54, 1.807) is 44.3 Å². The van der Waals surface area contributed by atoms with Crippen LogP contribution in [0.1, 0.15) is 22.8 Å². The number of esters is 1. The van der Waals surface area contributed by atoms with Gasteiger partial charge in [0.1, 0.15) is 0 Å². The second-order valence-electron chi connectivity index (χ2n) is 4.56. The molecule has 7 nitrogen and oxygen atoms in total. The zero-order chi connectivity index (χ0) is 16.1. The number of nitro groups is 1. The second kappa shape index (κ2) is 6.66. The Morgan fingerprint density at radius 2 is 2.05 bits per heavy atom. The first-order valence-electron chi connectivity index (χ1n) is 6.66. The highest BCUT2D eigenvalue weighted by Crippen LogP contribution is 2.26. The summed E-state index contributed by atoms with van der Waals surface area (Å²) in [5.74, 6) is -0.257. The molecule has 1 heterocycles. The Morgan fingerprint density at radius 1 is 1.36 bits per heavy atom. The number of carbonyl (C=O) groups is 1. The zero-order valence-electron chi connectivity index (χ0n) is 12.2. The average molecular weight is 301 g/mol. The molecule has 1 aromatic heterocycles. The van der Waals surface area contributed by atoms with Gasteiger partial charge in [0.25, 0.3) is 0 Å². The van der Waals surface area contributed by atoms with E-state index in [0.717, 1.165) is 0 Å². The van der Waals surface area contributed by atoms with Crippen LogP contribution in [0.25, 0.3) is 0 Å². The van der Waals surface area contributed by atoms with Crippen molar-refractivity contribution in [3.05, 3.63) is 57.8 Å². The van der Waals surface area contributed by atoms with Crippen molar-refractivity contribution in [2.75, 3.05) is 11.9 Å². The summed E-state index contributed by atoms with van der Waals surface area (Å²) >= 11 is 0. The van der Waals surface area contributed by atoms with Crippen LogP contribution in [0.5, 0.6) is 0 Å². The monoisotopic (exact) mass is 301 g/mol. The highest BCUT2D eigenvalue weighted by molar-refractivity contribution is 5.90. The van der Waals surface area contributed by atoms with E-state index in [1.165, 1.54) is 6.07 Å². The topological polar surface area (TPSA) is 94.4 Å². The molecule has 0 bridgehead atoms. The molecule has 2 rings (SSSR count). The molecule has 0 atom stereocenters. The van der Waals surface area contributed by atoms with Gasteiger partial charge in [0.05, 0.1) is 17.1 Å². The number of aromatic nitrogens is 1. The first-order chi connectivity index (χ1) is 10.5. The van der Waals surface area contributed by atoms with Gasteiger partial charge in [0, 0.05) is 18.0 Å². The van der Waals surface area contributed by atoms with E-state index < -0.39 is 10.9 Å². The number of pyridine rings is 1. The Hall–Kier alpha value is -2.96. The highest BCUT2D eigenvalue weighted by atomic mass is 16.6. The third-order valence-corrected chi connectivity index (χ3v) is 2.86. The van der Waals surface area contributed by atoms with Crippen LogP contribution in [0.15, 0.2) is 36.5 Å². The number of ether oxygens (including phenoxy) is 1. The molecule has 22 heavy (non-hydrogen) atoms. The van der Waals surface area contributed by atoms with E-state index in [0.29, 0.717) is 23.4 Å². The lowest BCUT2D eigenvalue weighted by molar-refractivity contribution is -0.384. The Labute approximate surface area is 127 Å². The van der Waals surface area contributed by atoms with Gasteiger partial charge in [0.15, 0.2) is 0 Å². The molecule has 0 radical (unpaired) electrons. The van der Waals surface area contributed by atoms with Gasteiger partial charge in [-0.25, -0.2) is 9.78 Å². The Morgan fingerprint density at radius 3 is 2.64 bits per heavy atom. The van der Waals surface area contributed by atoms with Crippen molar-refractivity contribution in [1.82, 2.24) is 4.98 Å². The Balaban J connectivity index is 2.21. The van der Waals surface area contributed by atoms with Gasteiger partial charge >= 0.3 is 11.7 Å². The SMILES string of the molecule is CCOC(=O)c1ccc(Nc2ncc(C)cc2[N+](=O)[O-])cc1. The van der Waals surface area contributed by atoms with Crippen molar-refractivity contribution < 1.29 is 14.5 Å². The van der Waals surface area contributed by atoms with Crippen LogP contribution in [-0.2, 0) is 4.74 Å². The Kier molecular flexibility index (Phi) is 4.67. The van der Waals surface area contributed by atoms with Gasteiger partial charge in [-0.15, -0.1) is 0 Å². The lowest BCUT2D eigenvalue weighted by Crippen LogP contribution is -2.05. The lowest BCUT2D eigenvalue weighted by Gasteiger charge is -2.07. The van der Waals surface area contributed by atoms with Gasteiger partial charge in [-0.1, -0.05) is 0 Å². The molecule has 0 saturated carbocycles. The minimum Gasteiger partial charge on any atom is -0.462 e. The summed E-state index contributed by atoms with van der Waals surface area (Å²) in [5, 5.41) is 13.9. The van der Waals surface area contributed by atoms with E-state index in [4.69, 9.17) is 4.74 Å². The minimum atomic E-state index is -0.491. The van der Waals surface area contributed by atoms with Crippen molar-refractivity contribution >= 4 is 23.2 Å². The van der Waals surface area contributed by atoms with E-state index >= 15 is 0 Å². The van der Waals surface area contributed by atoms with Gasteiger partial charge in [-0.3, -0.25) is 10.1 Å². The molecule has 1 N–H and O–H groups in total. The van der Waals surface area contributed by atoms with Crippen LogP contribution in [0.2, 0.25) is 0 Å². The molecule has 0 aliphatic rings. The fourth-order valence-electron chi connectivity index (χ4n) is 1.83. The molecule has 0 unspecified atom stereocenters. The van der Waals surface area contributed by atoms with E-state index in [-0.39, 0.29) is 11.5 Å². The molecule has 0 saturated heterocycles. The fraction of sp³-hybridized carbons (Fsp3) is 0.200. The Bertz CT molecular complexity index is 698. The summed E-state index contributed by atoms with van der Waals surface area (Å²) in [7, 11) is 0.